The molecule has 0 spiro atoms. The standard InChI is InChI=1S/C30H27N3O8S/c1-6-40-29(35)26-17(3)31-30-32(27(26)21-14-18(38-4)8-11-23(21)39-5)28(34)25(42-30)15-19-9-12-24(41-19)20-10-7-16(2)13-22(20)33(36)37/h7-15,27H,6H2,1-5H3/b25-15-/t27-/m1/s1. The zero-order valence-electron chi connectivity index (χ0n) is 23.5. The fraction of sp³-hybridized carbons (Fsp3) is 0.233. The largest absolute Gasteiger partial charge is 0.497 e. The molecular weight excluding hydrogens is 562 g/mol. The number of aromatic nitrogens is 1. The number of nitrogens with zero attached hydrogens (tertiary/aromatic N) is 3. The van der Waals surface area contributed by atoms with Gasteiger partial charge in [0.15, 0.2) is 4.80 Å². The number of nitro groups is 1. The topological polar surface area (TPSA) is 135 Å². The minimum atomic E-state index is -0.908. The van der Waals surface area contributed by atoms with Crippen LogP contribution in [-0.4, -0.2) is 36.3 Å². The fourth-order valence-corrected chi connectivity index (χ4v) is 5.87. The summed E-state index contributed by atoms with van der Waals surface area (Å²) in [5, 5.41) is 11.6. The molecule has 1 atom stereocenters. The van der Waals surface area contributed by atoms with Crippen molar-refractivity contribution < 1.29 is 28.3 Å². The van der Waals surface area contributed by atoms with E-state index in [-0.39, 0.29) is 22.4 Å². The van der Waals surface area contributed by atoms with E-state index in [1.807, 2.05) is 0 Å². The molecule has 0 radical (unpaired) electrons. The van der Waals surface area contributed by atoms with Crippen LogP contribution in [0.2, 0.25) is 0 Å². The molecule has 12 heteroatoms. The molecule has 5 rings (SSSR count). The first kappa shape index (κ1) is 28.6. The maximum absolute atomic E-state index is 14.0. The van der Waals surface area contributed by atoms with Gasteiger partial charge in [0, 0.05) is 17.7 Å². The first-order chi connectivity index (χ1) is 20.2. The SMILES string of the molecule is CCOC(=O)C1=C(C)N=c2s/c(=C\c3ccc(-c4ccc(C)cc4[N+](=O)[O-])o3)c(=O)n2[C@@H]1c1cc(OC)ccc1OC. The number of hydrogen-bond donors (Lipinski definition) is 0. The molecule has 1 aliphatic rings. The Morgan fingerprint density at radius 3 is 2.62 bits per heavy atom. The quantitative estimate of drug-likeness (QED) is 0.169. The lowest BCUT2D eigenvalue weighted by molar-refractivity contribution is -0.384. The van der Waals surface area contributed by atoms with Crippen molar-refractivity contribution in [1.82, 2.24) is 4.57 Å². The van der Waals surface area contributed by atoms with Crippen LogP contribution >= 0.6 is 11.3 Å². The second-order valence-electron chi connectivity index (χ2n) is 9.39. The summed E-state index contributed by atoms with van der Waals surface area (Å²) in [5.41, 5.74) is 1.71. The Labute approximate surface area is 243 Å². The van der Waals surface area contributed by atoms with E-state index in [2.05, 4.69) is 4.99 Å². The Balaban J connectivity index is 1.68. The molecule has 1 aliphatic heterocycles. The lowest BCUT2D eigenvalue weighted by atomic mass is 9.95. The van der Waals surface area contributed by atoms with Gasteiger partial charge in [-0.25, -0.2) is 9.79 Å². The lowest BCUT2D eigenvalue weighted by Gasteiger charge is -2.26. The summed E-state index contributed by atoms with van der Waals surface area (Å²) >= 11 is 1.13. The van der Waals surface area contributed by atoms with Gasteiger partial charge in [0.05, 0.1) is 47.1 Å². The summed E-state index contributed by atoms with van der Waals surface area (Å²) in [4.78, 5) is 43.3. The molecule has 0 bridgehead atoms. The Hall–Kier alpha value is -4.97. The van der Waals surface area contributed by atoms with Gasteiger partial charge < -0.3 is 18.6 Å². The number of carbonyl (C=O) groups is 1. The lowest BCUT2D eigenvalue weighted by Crippen LogP contribution is -2.40. The first-order valence-corrected chi connectivity index (χ1v) is 13.7. The minimum absolute atomic E-state index is 0.0792. The van der Waals surface area contributed by atoms with Gasteiger partial charge in [-0.2, -0.15) is 0 Å². The third-order valence-corrected chi connectivity index (χ3v) is 7.75. The van der Waals surface area contributed by atoms with Crippen LogP contribution in [-0.2, 0) is 9.53 Å². The van der Waals surface area contributed by atoms with Gasteiger partial charge in [0.2, 0.25) is 0 Å². The number of furan rings is 1. The predicted molar refractivity (Wildman–Crippen MR) is 155 cm³/mol. The maximum Gasteiger partial charge on any atom is 0.338 e. The number of ether oxygens (including phenoxy) is 3. The van der Waals surface area contributed by atoms with Crippen molar-refractivity contribution in [3.05, 3.63) is 106 Å². The monoisotopic (exact) mass is 589 g/mol. The van der Waals surface area contributed by atoms with Gasteiger partial charge in [0.25, 0.3) is 11.2 Å². The highest BCUT2D eigenvalue weighted by atomic mass is 32.1. The maximum atomic E-state index is 14.0. The van der Waals surface area contributed by atoms with Gasteiger partial charge >= 0.3 is 5.97 Å². The van der Waals surface area contributed by atoms with Crippen LogP contribution in [0.1, 0.15) is 36.8 Å². The number of allylic oxidation sites excluding steroid dienone is 1. The van der Waals surface area contributed by atoms with Crippen molar-refractivity contribution in [2.24, 2.45) is 4.99 Å². The molecule has 0 amide bonds. The number of thiazole rings is 1. The minimum Gasteiger partial charge on any atom is -0.497 e. The van der Waals surface area contributed by atoms with E-state index in [1.165, 1.54) is 24.9 Å². The van der Waals surface area contributed by atoms with Crippen molar-refractivity contribution in [3.63, 3.8) is 0 Å². The molecular formula is C30H27N3O8S. The third-order valence-electron chi connectivity index (χ3n) is 6.76. The molecule has 11 nitrogen and oxygen atoms in total. The van der Waals surface area contributed by atoms with Crippen molar-refractivity contribution in [2.75, 3.05) is 20.8 Å². The number of methoxy groups -OCH3 is 2. The molecule has 216 valence electrons. The van der Waals surface area contributed by atoms with E-state index in [1.54, 1.807) is 69.3 Å². The zero-order valence-corrected chi connectivity index (χ0v) is 24.3. The first-order valence-electron chi connectivity index (χ1n) is 12.9. The van der Waals surface area contributed by atoms with Crippen molar-refractivity contribution >= 4 is 29.1 Å². The summed E-state index contributed by atoms with van der Waals surface area (Å²) in [7, 11) is 3.02. The molecule has 4 aromatic rings. The van der Waals surface area contributed by atoms with Crippen LogP contribution in [0.5, 0.6) is 11.5 Å². The van der Waals surface area contributed by atoms with E-state index in [9.17, 15) is 19.7 Å². The van der Waals surface area contributed by atoms with Gasteiger partial charge in [-0.3, -0.25) is 19.5 Å². The Kier molecular flexibility index (Phi) is 7.81. The number of nitro benzene ring substituents is 1. The third kappa shape index (κ3) is 5.12. The molecule has 0 saturated heterocycles. The molecule has 3 heterocycles. The highest BCUT2D eigenvalue weighted by molar-refractivity contribution is 7.07. The van der Waals surface area contributed by atoms with Gasteiger partial charge in [-0.05, 0) is 62.7 Å². The number of hydrogen-bond acceptors (Lipinski definition) is 10. The molecule has 0 aliphatic carbocycles. The Morgan fingerprint density at radius 2 is 1.93 bits per heavy atom. The smallest absolute Gasteiger partial charge is 0.338 e. The summed E-state index contributed by atoms with van der Waals surface area (Å²) in [5.74, 6) is 0.974. The average Bonchev–Trinajstić information content (AvgIpc) is 3.55. The van der Waals surface area contributed by atoms with Gasteiger partial charge in [-0.15, -0.1) is 0 Å². The molecule has 0 N–H and O–H groups in total. The van der Waals surface area contributed by atoms with E-state index in [0.717, 1.165) is 16.9 Å². The number of esters is 1. The van der Waals surface area contributed by atoms with Crippen molar-refractivity contribution in [1.29, 1.82) is 0 Å². The predicted octanol–water partition coefficient (Wildman–Crippen LogP) is 4.29. The van der Waals surface area contributed by atoms with Crippen LogP contribution in [0.4, 0.5) is 5.69 Å². The van der Waals surface area contributed by atoms with E-state index >= 15 is 0 Å². The summed E-state index contributed by atoms with van der Waals surface area (Å²) in [6.07, 6.45) is 1.55. The van der Waals surface area contributed by atoms with Crippen LogP contribution < -0.4 is 24.4 Å². The van der Waals surface area contributed by atoms with Gasteiger partial charge in [-0.1, -0.05) is 17.4 Å². The molecule has 2 aromatic carbocycles. The second-order valence-corrected chi connectivity index (χ2v) is 10.4. The molecule has 2 aromatic heterocycles. The van der Waals surface area contributed by atoms with E-state index < -0.39 is 22.5 Å². The number of carbonyl (C=O) groups excluding carboxylic acids is 1. The highest BCUT2D eigenvalue weighted by Crippen LogP contribution is 2.38. The zero-order chi connectivity index (χ0) is 30.1. The van der Waals surface area contributed by atoms with Crippen LogP contribution in [0, 0.1) is 17.0 Å². The number of rotatable bonds is 8. The molecule has 0 unspecified atom stereocenters. The summed E-state index contributed by atoms with van der Waals surface area (Å²) in [6, 6.07) is 12.4. The molecule has 0 fully saturated rings. The average molecular weight is 590 g/mol. The van der Waals surface area contributed by atoms with Crippen LogP contribution in [0.3, 0.4) is 0 Å². The van der Waals surface area contributed by atoms with Crippen LogP contribution in [0.25, 0.3) is 17.4 Å². The molecule has 0 saturated carbocycles. The Bertz CT molecular complexity index is 1930. The van der Waals surface area contributed by atoms with Crippen LogP contribution in [0.15, 0.2) is 74.0 Å². The van der Waals surface area contributed by atoms with Gasteiger partial charge in [0.1, 0.15) is 29.1 Å². The molecule has 42 heavy (non-hydrogen) atoms. The summed E-state index contributed by atoms with van der Waals surface area (Å²) < 4.78 is 24.1. The normalized spacial score (nSPS) is 14.8. The summed E-state index contributed by atoms with van der Waals surface area (Å²) in [6.45, 7) is 5.30. The second kappa shape index (κ2) is 11.5. The number of benzene rings is 2. The van der Waals surface area contributed by atoms with Crippen molar-refractivity contribution in [3.8, 4) is 22.8 Å². The Morgan fingerprint density at radius 1 is 1.14 bits per heavy atom. The number of aryl methyl sites for hydroxylation is 1. The highest BCUT2D eigenvalue weighted by Gasteiger charge is 2.35. The van der Waals surface area contributed by atoms with E-state index in [4.69, 9.17) is 18.6 Å². The van der Waals surface area contributed by atoms with E-state index in [0.29, 0.717) is 44.6 Å². The van der Waals surface area contributed by atoms with Crippen molar-refractivity contribution in [2.45, 2.75) is 26.8 Å². The number of fused-ring (bicyclic) bond motifs is 1. The fourth-order valence-electron chi connectivity index (χ4n) is 4.84.